The van der Waals surface area contributed by atoms with E-state index in [2.05, 4.69) is 15.5 Å². The number of nitrogens with zero attached hydrogens (tertiary/aromatic N) is 3. The molecular formula is C26H32N4O4S2. The van der Waals surface area contributed by atoms with Gasteiger partial charge in [0, 0.05) is 11.4 Å². The van der Waals surface area contributed by atoms with Crippen molar-refractivity contribution in [3.8, 4) is 5.75 Å². The zero-order valence-corrected chi connectivity index (χ0v) is 22.8. The van der Waals surface area contributed by atoms with Gasteiger partial charge in [-0.1, -0.05) is 23.9 Å². The third kappa shape index (κ3) is 5.92. The molecule has 0 bridgehead atoms. The summed E-state index contributed by atoms with van der Waals surface area (Å²) in [5.41, 5.74) is 2.68. The number of carbonyl (C=O) groups excluding carboxylic acids is 2. The van der Waals surface area contributed by atoms with Gasteiger partial charge in [0.05, 0.1) is 17.9 Å². The molecule has 2 heterocycles. The number of carbonyl (C=O) groups is 2. The van der Waals surface area contributed by atoms with Crippen molar-refractivity contribution in [2.24, 2.45) is 0 Å². The lowest BCUT2D eigenvalue weighted by Crippen LogP contribution is -2.17. The minimum absolute atomic E-state index is 0.149. The number of esters is 1. The van der Waals surface area contributed by atoms with Crippen LogP contribution in [-0.2, 0) is 28.9 Å². The number of nitrogens with one attached hydrogen (secondary N) is 1. The molecule has 0 spiro atoms. The standard InChI is InChI=1S/C26H32N4O4S2/c1-5-30-23(17(4)34-18-11-9-10-16(3)14-18)28-29-26(30)35-15-21(31)27-24-22(25(32)33-6-2)19-12-7-8-13-20(19)36-24/h9-11,14,17H,5-8,12-13,15H2,1-4H3,(H,27,31). The number of fused-ring (bicyclic) bond motifs is 1. The first-order valence-corrected chi connectivity index (χ1v) is 14.1. The van der Waals surface area contributed by atoms with Crippen LogP contribution in [0.2, 0.25) is 0 Å². The van der Waals surface area contributed by atoms with Gasteiger partial charge < -0.3 is 19.4 Å². The van der Waals surface area contributed by atoms with E-state index in [9.17, 15) is 9.59 Å². The lowest BCUT2D eigenvalue weighted by molar-refractivity contribution is -0.113. The summed E-state index contributed by atoms with van der Waals surface area (Å²) >= 11 is 2.81. The van der Waals surface area contributed by atoms with Gasteiger partial charge in [0.15, 0.2) is 17.1 Å². The van der Waals surface area contributed by atoms with Crippen molar-refractivity contribution >= 4 is 40.0 Å². The van der Waals surface area contributed by atoms with Crippen molar-refractivity contribution < 1.29 is 19.1 Å². The highest BCUT2D eigenvalue weighted by atomic mass is 32.2. The lowest BCUT2D eigenvalue weighted by Gasteiger charge is -2.16. The minimum atomic E-state index is -0.363. The van der Waals surface area contributed by atoms with Gasteiger partial charge >= 0.3 is 5.97 Å². The van der Waals surface area contributed by atoms with Crippen molar-refractivity contribution in [1.82, 2.24) is 14.8 Å². The van der Waals surface area contributed by atoms with Crippen molar-refractivity contribution in [2.75, 3.05) is 17.7 Å². The van der Waals surface area contributed by atoms with E-state index in [1.165, 1.54) is 28.0 Å². The normalized spacial score (nSPS) is 13.7. The Labute approximate surface area is 219 Å². The zero-order valence-electron chi connectivity index (χ0n) is 21.1. The highest BCUT2D eigenvalue weighted by Crippen LogP contribution is 2.38. The fourth-order valence-corrected chi connectivity index (χ4v) is 6.42. The summed E-state index contributed by atoms with van der Waals surface area (Å²) in [7, 11) is 0. The van der Waals surface area contributed by atoms with Gasteiger partial charge in [-0.2, -0.15) is 0 Å². The molecule has 1 atom stereocenters. The van der Waals surface area contributed by atoms with Crippen molar-refractivity contribution in [1.29, 1.82) is 0 Å². The molecule has 1 N–H and O–H groups in total. The summed E-state index contributed by atoms with van der Waals surface area (Å²) in [5.74, 6) is 1.07. The number of ether oxygens (including phenoxy) is 2. The fraction of sp³-hybridized carbons (Fsp3) is 0.462. The molecule has 3 aromatic rings. The summed E-state index contributed by atoms with van der Waals surface area (Å²) in [4.78, 5) is 26.7. The number of thiophene rings is 1. The van der Waals surface area contributed by atoms with Crippen molar-refractivity contribution in [3.05, 3.63) is 51.7 Å². The Kier molecular flexibility index (Phi) is 8.68. The summed E-state index contributed by atoms with van der Waals surface area (Å²) in [6, 6.07) is 7.88. The molecular weight excluding hydrogens is 496 g/mol. The first-order chi connectivity index (χ1) is 17.4. The largest absolute Gasteiger partial charge is 0.483 e. The second kappa shape index (κ2) is 11.9. The van der Waals surface area contributed by atoms with Crippen LogP contribution in [0.25, 0.3) is 0 Å². The highest BCUT2D eigenvalue weighted by molar-refractivity contribution is 7.99. The molecule has 1 aliphatic carbocycles. The molecule has 1 amide bonds. The molecule has 1 aliphatic rings. The Morgan fingerprint density at radius 3 is 2.78 bits per heavy atom. The zero-order chi connectivity index (χ0) is 25.7. The smallest absolute Gasteiger partial charge is 0.341 e. The Hall–Kier alpha value is -2.85. The van der Waals surface area contributed by atoms with Crippen molar-refractivity contribution in [3.63, 3.8) is 0 Å². The molecule has 0 saturated heterocycles. The second-order valence-electron chi connectivity index (χ2n) is 8.63. The van der Waals surface area contributed by atoms with Crippen LogP contribution < -0.4 is 10.1 Å². The lowest BCUT2D eigenvalue weighted by atomic mass is 9.95. The maximum Gasteiger partial charge on any atom is 0.341 e. The number of aryl methyl sites for hydroxylation is 2. The van der Waals surface area contributed by atoms with Gasteiger partial charge in [-0.3, -0.25) is 4.79 Å². The number of amides is 1. The molecule has 0 saturated carbocycles. The molecule has 8 nitrogen and oxygen atoms in total. The monoisotopic (exact) mass is 528 g/mol. The van der Waals surface area contributed by atoms with Crippen LogP contribution in [0.1, 0.15) is 71.9 Å². The van der Waals surface area contributed by atoms with E-state index in [0.29, 0.717) is 34.7 Å². The van der Waals surface area contributed by atoms with E-state index in [1.807, 2.05) is 49.6 Å². The third-order valence-corrected chi connectivity index (χ3v) is 8.14. The van der Waals surface area contributed by atoms with E-state index in [1.54, 1.807) is 6.92 Å². The summed E-state index contributed by atoms with van der Waals surface area (Å²) in [6.45, 7) is 8.71. The van der Waals surface area contributed by atoms with Crippen LogP contribution in [-0.4, -0.2) is 39.0 Å². The van der Waals surface area contributed by atoms with Crippen LogP contribution in [0, 0.1) is 6.92 Å². The van der Waals surface area contributed by atoms with Gasteiger partial charge in [-0.25, -0.2) is 4.79 Å². The fourth-order valence-electron chi connectivity index (χ4n) is 4.32. The summed E-state index contributed by atoms with van der Waals surface area (Å²) in [6.07, 6.45) is 3.62. The summed E-state index contributed by atoms with van der Waals surface area (Å²) < 4.78 is 13.3. The predicted molar refractivity (Wildman–Crippen MR) is 142 cm³/mol. The van der Waals surface area contributed by atoms with Crippen molar-refractivity contribution in [2.45, 2.75) is 71.2 Å². The third-order valence-electron chi connectivity index (χ3n) is 5.96. The average molecular weight is 529 g/mol. The van der Waals surface area contributed by atoms with Crippen LogP contribution in [0.4, 0.5) is 5.00 Å². The molecule has 4 rings (SSSR count). The Bertz CT molecular complexity index is 1240. The van der Waals surface area contributed by atoms with Gasteiger partial charge in [-0.05, 0) is 76.6 Å². The molecule has 0 radical (unpaired) electrons. The quantitative estimate of drug-likeness (QED) is 0.271. The SMILES string of the molecule is CCOC(=O)c1c(NC(=O)CSc2nnc(C(C)Oc3cccc(C)c3)n2CC)sc2c1CCCC2. The maximum absolute atomic E-state index is 12.9. The molecule has 192 valence electrons. The van der Waals surface area contributed by atoms with Gasteiger partial charge in [0.25, 0.3) is 0 Å². The number of thioether (sulfide) groups is 1. The molecule has 2 aromatic heterocycles. The van der Waals surface area contributed by atoms with E-state index < -0.39 is 0 Å². The van der Waals surface area contributed by atoms with Gasteiger partial charge in [-0.15, -0.1) is 21.5 Å². The van der Waals surface area contributed by atoms with E-state index in [0.717, 1.165) is 42.6 Å². The van der Waals surface area contributed by atoms with E-state index in [-0.39, 0.29) is 23.7 Å². The number of anilines is 1. The van der Waals surface area contributed by atoms with Crippen LogP contribution in [0.5, 0.6) is 5.75 Å². The molecule has 10 heteroatoms. The molecule has 1 aromatic carbocycles. The molecule has 1 unspecified atom stereocenters. The topological polar surface area (TPSA) is 95.3 Å². The van der Waals surface area contributed by atoms with E-state index in [4.69, 9.17) is 9.47 Å². The molecule has 0 fully saturated rings. The Morgan fingerprint density at radius 2 is 2.03 bits per heavy atom. The van der Waals surface area contributed by atoms with Gasteiger partial charge in [0.1, 0.15) is 10.8 Å². The van der Waals surface area contributed by atoms with Crippen LogP contribution >= 0.6 is 23.1 Å². The van der Waals surface area contributed by atoms with Crippen LogP contribution in [0.15, 0.2) is 29.4 Å². The van der Waals surface area contributed by atoms with Gasteiger partial charge in [0.2, 0.25) is 5.91 Å². The Morgan fingerprint density at radius 1 is 1.22 bits per heavy atom. The number of rotatable bonds is 10. The number of aromatic nitrogens is 3. The predicted octanol–water partition coefficient (Wildman–Crippen LogP) is 5.59. The first kappa shape index (κ1) is 26.2. The average Bonchev–Trinajstić information content (AvgIpc) is 3.43. The number of hydrogen-bond acceptors (Lipinski definition) is 8. The van der Waals surface area contributed by atoms with Crippen LogP contribution in [0.3, 0.4) is 0 Å². The number of benzene rings is 1. The highest BCUT2D eigenvalue weighted by Gasteiger charge is 2.27. The maximum atomic E-state index is 12.9. The first-order valence-electron chi connectivity index (χ1n) is 12.3. The summed E-state index contributed by atoms with van der Waals surface area (Å²) in [5, 5.41) is 12.9. The molecule has 36 heavy (non-hydrogen) atoms. The Balaban J connectivity index is 1.43. The molecule has 0 aliphatic heterocycles. The van der Waals surface area contributed by atoms with E-state index >= 15 is 0 Å². The minimum Gasteiger partial charge on any atom is -0.483 e. The second-order valence-corrected chi connectivity index (χ2v) is 10.7. The number of hydrogen-bond donors (Lipinski definition) is 1.